The Morgan fingerprint density at radius 1 is 1.10 bits per heavy atom. The molecular weight excluding hydrogens is 300 g/mol. The molecule has 0 aromatic heterocycles. The van der Waals surface area contributed by atoms with Crippen LogP contribution in [-0.4, -0.2) is 33.6 Å². The van der Waals surface area contributed by atoms with E-state index in [9.17, 15) is 8.42 Å². The van der Waals surface area contributed by atoms with Gasteiger partial charge in [0.15, 0.2) is 17.5 Å². The summed E-state index contributed by atoms with van der Waals surface area (Å²) in [6, 6.07) is 2.55. The van der Waals surface area contributed by atoms with E-state index in [1.165, 1.54) is 12.1 Å². The number of aliphatic imine (C=N–C) groups is 2. The van der Waals surface area contributed by atoms with E-state index < -0.39 is 10.0 Å². The Balaban J connectivity index is 2.60. The summed E-state index contributed by atoms with van der Waals surface area (Å²) >= 11 is 0. The number of sulfonamides is 1. The van der Waals surface area contributed by atoms with Crippen LogP contribution < -0.4 is 31.8 Å². The van der Waals surface area contributed by atoms with E-state index >= 15 is 0 Å². The molecule has 1 aliphatic heterocycles. The van der Waals surface area contributed by atoms with E-state index in [-0.39, 0.29) is 28.3 Å². The van der Waals surface area contributed by atoms with Gasteiger partial charge in [0.05, 0.1) is 5.69 Å². The van der Waals surface area contributed by atoms with Gasteiger partial charge < -0.3 is 26.7 Å². The van der Waals surface area contributed by atoms with Gasteiger partial charge in [0.2, 0.25) is 16.0 Å². The number of ether oxygens (including phenoxy) is 2. The van der Waals surface area contributed by atoms with Gasteiger partial charge in [0.1, 0.15) is 18.1 Å². The molecule has 0 radical (unpaired) electrons. The predicted octanol–water partition coefficient (Wildman–Crippen LogP) is -1.68. The van der Waals surface area contributed by atoms with Crippen LogP contribution in [0.1, 0.15) is 0 Å². The van der Waals surface area contributed by atoms with Crippen molar-refractivity contribution in [2.24, 2.45) is 32.3 Å². The van der Waals surface area contributed by atoms with Crippen molar-refractivity contribution in [3.8, 4) is 11.5 Å². The largest absolute Gasteiger partial charge is 0.486 e. The second-order valence-electron chi connectivity index (χ2n) is 4.02. The zero-order chi connectivity index (χ0) is 15.6. The average Bonchev–Trinajstić information content (AvgIpc) is 2.35. The highest BCUT2D eigenvalue weighted by atomic mass is 32.2. The van der Waals surface area contributed by atoms with Gasteiger partial charge in [-0.15, -0.1) is 0 Å². The molecule has 0 unspecified atom stereocenters. The molecule has 1 aliphatic rings. The van der Waals surface area contributed by atoms with Gasteiger partial charge in [-0.3, -0.25) is 0 Å². The first-order valence-electron chi connectivity index (χ1n) is 5.67. The molecule has 0 spiro atoms. The third-order valence-electron chi connectivity index (χ3n) is 2.41. The molecule has 21 heavy (non-hydrogen) atoms. The summed E-state index contributed by atoms with van der Waals surface area (Å²) in [5.41, 5.74) is 15.8. The summed E-state index contributed by atoms with van der Waals surface area (Å²) in [5, 5.41) is 5.15. The van der Waals surface area contributed by atoms with Gasteiger partial charge in [-0.1, -0.05) is 0 Å². The summed E-state index contributed by atoms with van der Waals surface area (Å²) < 4.78 is 33.9. The fraction of sp³-hybridized carbons (Fsp3) is 0.200. The van der Waals surface area contributed by atoms with E-state index in [1.807, 2.05) is 0 Å². The Morgan fingerprint density at radius 3 is 2.19 bits per heavy atom. The fourth-order valence-electron chi connectivity index (χ4n) is 1.66. The normalized spacial score (nSPS) is 14.6. The van der Waals surface area contributed by atoms with Crippen LogP contribution >= 0.6 is 0 Å². The summed E-state index contributed by atoms with van der Waals surface area (Å²) in [6.07, 6.45) is 0. The first-order chi connectivity index (χ1) is 9.77. The lowest BCUT2D eigenvalue weighted by Gasteiger charge is -2.19. The molecule has 0 fully saturated rings. The van der Waals surface area contributed by atoms with Gasteiger partial charge in [0, 0.05) is 12.1 Å². The predicted molar refractivity (Wildman–Crippen MR) is 75.9 cm³/mol. The molecule has 0 atom stereocenters. The Kier molecular flexibility index (Phi) is 3.86. The van der Waals surface area contributed by atoms with E-state index in [0.717, 1.165) is 0 Å². The third-order valence-corrected chi connectivity index (χ3v) is 3.35. The number of hydrogen-bond acceptors (Lipinski definition) is 5. The minimum atomic E-state index is -4.05. The number of guanidine groups is 2. The lowest BCUT2D eigenvalue weighted by atomic mass is 10.2. The first kappa shape index (κ1) is 14.9. The maximum Gasteiger partial charge on any atom is 0.240 e. The average molecular weight is 314 g/mol. The highest BCUT2D eigenvalue weighted by molar-refractivity contribution is 7.89. The van der Waals surface area contributed by atoms with Crippen LogP contribution in [0.5, 0.6) is 11.5 Å². The lowest BCUT2D eigenvalue weighted by molar-refractivity contribution is 0.171. The zero-order valence-electron chi connectivity index (χ0n) is 10.8. The number of hydrogen-bond donors (Lipinski definition) is 4. The van der Waals surface area contributed by atoms with Crippen LogP contribution in [0.3, 0.4) is 0 Å². The number of rotatable bonds is 2. The molecule has 1 heterocycles. The summed E-state index contributed by atoms with van der Waals surface area (Å²) in [4.78, 5) is 7.05. The number of nitrogens with zero attached hydrogens (tertiary/aromatic N) is 2. The molecule has 1 aromatic rings. The Hall–Kier alpha value is -2.53. The van der Waals surface area contributed by atoms with Gasteiger partial charge in [-0.2, -0.15) is 4.99 Å². The Morgan fingerprint density at radius 2 is 1.67 bits per heavy atom. The monoisotopic (exact) mass is 314 g/mol. The Labute approximate surface area is 120 Å². The summed E-state index contributed by atoms with van der Waals surface area (Å²) in [7, 11) is -4.05. The van der Waals surface area contributed by atoms with Crippen LogP contribution in [0.4, 0.5) is 5.69 Å². The minimum absolute atomic E-state index is 0.0516. The molecule has 0 bridgehead atoms. The molecule has 2 rings (SSSR count). The quantitative estimate of drug-likeness (QED) is 0.371. The minimum Gasteiger partial charge on any atom is -0.486 e. The number of benzene rings is 1. The zero-order valence-corrected chi connectivity index (χ0v) is 11.6. The summed E-state index contributed by atoms with van der Waals surface area (Å²) in [6.45, 7) is 0.629. The number of primary sulfonamides is 1. The van der Waals surface area contributed by atoms with Crippen molar-refractivity contribution < 1.29 is 17.9 Å². The van der Waals surface area contributed by atoms with Gasteiger partial charge in [0.25, 0.3) is 0 Å². The molecule has 8 N–H and O–H groups in total. The standard InChI is InChI=1S/C10H14N6O4S/c11-9(12)16-10(13)15-5-3-6-7(20-2-1-19-6)4-8(5)21(14,17)18/h3-4H,1-2H2,(H2,14,17,18)(H6,11,12,13,15,16). The van der Waals surface area contributed by atoms with Crippen molar-refractivity contribution >= 4 is 27.6 Å². The maximum atomic E-state index is 11.6. The number of fused-ring (bicyclic) bond motifs is 1. The van der Waals surface area contributed by atoms with Crippen molar-refractivity contribution in [2.75, 3.05) is 13.2 Å². The van der Waals surface area contributed by atoms with Crippen molar-refractivity contribution in [1.82, 2.24) is 0 Å². The Bertz CT molecular complexity index is 723. The third kappa shape index (κ3) is 3.52. The fourth-order valence-corrected chi connectivity index (χ4v) is 2.32. The molecule has 1 aromatic carbocycles. The topological polar surface area (TPSA) is 181 Å². The molecular formula is C10H14N6O4S. The van der Waals surface area contributed by atoms with E-state index in [4.69, 9.17) is 31.8 Å². The van der Waals surface area contributed by atoms with Crippen LogP contribution in [0.15, 0.2) is 27.0 Å². The second-order valence-corrected chi connectivity index (χ2v) is 5.55. The van der Waals surface area contributed by atoms with Crippen LogP contribution in [0.2, 0.25) is 0 Å². The molecule has 10 nitrogen and oxygen atoms in total. The van der Waals surface area contributed by atoms with Crippen molar-refractivity contribution in [1.29, 1.82) is 0 Å². The molecule has 0 saturated carbocycles. The molecule has 0 amide bonds. The molecule has 11 heteroatoms. The highest BCUT2D eigenvalue weighted by Gasteiger charge is 2.21. The van der Waals surface area contributed by atoms with Crippen LogP contribution in [0.25, 0.3) is 0 Å². The molecule has 114 valence electrons. The lowest BCUT2D eigenvalue weighted by Crippen LogP contribution is -2.26. The summed E-state index contributed by atoms with van der Waals surface area (Å²) in [5.74, 6) is -0.0583. The van der Waals surface area contributed by atoms with Crippen molar-refractivity contribution in [3.05, 3.63) is 12.1 Å². The van der Waals surface area contributed by atoms with E-state index in [0.29, 0.717) is 19.0 Å². The highest BCUT2D eigenvalue weighted by Crippen LogP contribution is 2.38. The first-order valence-corrected chi connectivity index (χ1v) is 7.22. The molecule has 0 saturated heterocycles. The van der Waals surface area contributed by atoms with Crippen LogP contribution in [0, 0.1) is 0 Å². The van der Waals surface area contributed by atoms with Gasteiger partial charge in [-0.05, 0) is 0 Å². The number of nitrogens with two attached hydrogens (primary N) is 4. The second kappa shape index (κ2) is 5.46. The van der Waals surface area contributed by atoms with Gasteiger partial charge >= 0.3 is 0 Å². The van der Waals surface area contributed by atoms with Gasteiger partial charge in [-0.25, -0.2) is 18.5 Å². The van der Waals surface area contributed by atoms with Crippen molar-refractivity contribution in [3.63, 3.8) is 0 Å². The van der Waals surface area contributed by atoms with Crippen molar-refractivity contribution in [2.45, 2.75) is 4.90 Å². The van der Waals surface area contributed by atoms with Crippen LogP contribution in [-0.2, 0) is 10.0 Å². The van der Waals surface area contributed by atoms with E-state index in [2.05, 4.69) is 9.98 Å². The smallest absolute Gasteiger partial charge is 0.240 e. The SMILES string of the molecule is NC(N)=NC(N)=Nc1cc2c(cc1S(N)(=O)=O)OCCO2. The molecule has 0 aliphatic carbocycles. The van der Waals surface area contributed by atoms with E-state index in [1.54, 1.807) is 0 Å². The maximum absolute atomic E-state index is 11.6.